The Morgan fingerprint density at radius 3 is 1.90 bits per heavy atom. The molecule has 1 N–H and O–H groups in total. The number of carbonyl (C=O) groups is 3. The summed E-state index contributed by atoms with van der Waals surface area (Å²) in [6.07, 6.45) is -0.295. The van der Waals surface area contributed by atoms with Gasteiger partial charge in [-0.05, 0) is 20.8 Å². The minimum absolute atomic E-state index is 0.287. The third-order valence-electron chi connectivity index (χ3n) is 2.36. The van der Waals surface area contributed by atoms with E-state index in [4.69, 9.17) is 9.47 Å². The predicted molar refractivity (Wildman–Crippen MR) is 73.4 cm³/mol. The van der Waals surface area contributed by atoms with Crippen molar-refractivity contribution in [2.24, 2.45) is 0 Å². The zero-order chi connectivity index (χ0) is 15.4. The third-order valence-corrected chi connectivity index (χ3v) is 2.36. The highest BCUT2D eigenvalue weighted by molar-refractivity contribution is 6.03. The number of ether oxygens (including phenoxy) is 2. The number of imide groups is 1. The van der Waals surface area contributed by atoms with Crippen LogP contribution in [0.2, 0.25) is 0 Å². The molecule has 0 aromatic heterocycles. The maximum atomic E-state index is 11.9. The Labute approximate surface area is 119 Å². The largest absolute Gasteiger partial charge is 0.380 e. The van der Waals surface area contributed by atoms with Gasteiger partial charge < -0.3 is 14.4 Å². The molecule has 0 aromatic rings. The van der Waals surface area contributed by atoms with Crippen LogP contribution in [0.25, 0.3) is 0 Å². The van der Waals surface area contributed by atoms with Crippen LogP contribution < -0.4 is 5.32 Å². The molecule has 3 amide bonds. The molecule has 0 atom stereocenters. The van der Waals surface area contributed by atoms with E-state index >= 15 is 0 Å². The second-order valence-electron chi connectivity index (χ2n) is 4.11. The summed E-state index contributed by atoms with van der Waals surface area (Å²) in [6, 6.07) is -0.532. The van der Waals surface area contributed by atoms with E-state index in [2.05, 4.69) is 5.32 Å². The Balaban J connectivity index is 4.29. The van der Waals surface area contributed by atoms with Crippen molar-refractivity contribution >= 4 is 17.7 Å². The summed E-state index contributed by atoms with van der Waals surface area (Å²) < 4.78 is 10.4. The lowest BCUT2D eigenvalue weighted by atomic mass is 10.3. The van der Waals surface area contributed by atoms with Gasteiger partial charge in [0.05, 0.1) is 19.6 Å². The smallest absolute Gasteiger partial charge is 0.324 e. The second kappa shape index (κ2) is 11.4. The van der Waals surface area contributed by atoms with Crippen LogP contribution in [0.4, 0.5) is 4.79 Å². The summed E-state index contributed by atoms with van der Waals surface area (Å²) in [7, 11) is 0. The van der Waals surface area contributed by atoms with Gasteiger partial charge in [-0.1, -0.05) is 0 Å². The number of amides is 3. The molecule has 0 fully saturated rings. The molecule has 0 rings (SSSR count). The van der Waals surface area contributed by atoms with Crippen molar-refractivity contribution in [2.75, 3.05) is 39.5 Å². The Kier molecular flexibility index (Phi) is 10.5. The van der Waals surface area contributed by atoms with E-state index in [1.54, 1.807) is 0 Å². The van der Waals surface area contributed by atoms with Crippen LogP contribution in [0.15, 0.2) is 0 Å². The van der Waals surface area contributed by atoms with Crippen LogP contribution in [0.1, 0.15) is 27.2 Å². The van der Waals surface area contributed by atoms with Gasteiger partial charge in [0.25, 0.3) is 0 Å². The van der Waals surface area contributed by atoms with Crippen LogP contribution >= 0.6 is 0 Å². The van der Waals surface area contributed by atoms with Crippen LogP contribution in [0, 0.1) is 0 Å². The Morgan fingerprint density at radius 2 is 1.50 bits per heavy atom. The predicted octanol–water partition coefficient (Wildman–Crippen LogP) is 0.577. The van der Waals surface area contributed by atoms with E-state index in [0.717, 1.165) is 0 Å². The molecule has 0 radical (unpaired) electrons. The lowest BCUT2D eigenvalue weighted by Gasteiger charge is -2.22. The first kappa shape index (κ1) is 18.5. The number of Topliss-reactive ketones (excluding diaryl/α,β-unsaturated/α-hetero) is 1. The average Bonchev–Trinajstić information content (AvgIpc) is 2.36. The average molecular weight is 288 g/mol. The number of urea groups is 1. The molecule has 0 aromatic carbocycles. The molecular formula is C13H24N2O5. The van der Waals surface area contributed by atoms with Gasteiger partial charge in [-0.2, -0.15) is 0 Å². The Hall–Kier alpha value is -1.47. The molecule has 116 valence electrons. The fourth-order valence-corrected chi connectivity index (χ4v) is 1.42. The van der Waals surface area contributed by atoms with Crippen molar-refractivity contribution in [2.45, 2.75) is 27.2 Å². The molecule has 7 nitrogen and oxygen atoms in total. The molecule has 0 aliphatic carbocycles. The first-order valence-electron chi connectivity index (χ1n) is 6.74. The summed E-state index contributed by atoms with van der Waals surface area (Å²) in [5.74, 6) is -0.884. The minimum atomic E-state index is -0.597. The third kappa shape index (κ3) is 9.46. The maximum absolute atomic E-state index is 11.9. The number of carbonyl (C=O) groups excluding carboxylic acids is 3. The molecule has 0 heterocycles. The molecule has 0 saturated carbocycles. The standard InChI is InChI=1S/C13H24N2O5/c1-4-19-8-6-15(7-9-20-5-2)13(18)14-12(17)10-11(3)16/h4-10H2,1-3H3,(H,14,17,18). The van der Waals surface area contributed by atoms with Gasteiger partial charge in [0.15, 0.2) is 0 Å². The number of nitrogens with one attached hydrogen (secondary N) is 1. The van der Waals surface area contributed by atoms with E-state index < -0.39 is 11.9 Å². The summed E-state index contributed by atoms with van der Waals surface area (Å²) >= 11 is 0. The monoisotopic (exact) mass is 288 g/mol. The fourth-order valence-electron chi connectivity index (χ4n) is 1.42. The van der Waals surface area contributed by atoms with Gasteiger partial charge in [-0.25, -0.2) is 4.79 Å². The summed E-state index contributed by atoms with van der Waals surface area (Å²) in [4.78, 5) is 35.5. The van der Waals surface area contributed by atoms with Gasteiger partial charge in [0, 0.05) is 26.3 Å². The van der Waals surface area contributed by atoms with E-state index in [1.165, 1.54) is 11.8 Å². The lowest BCUT2D eigenvalue weighted by molar-refractivity contribution is -0.126. The van der Waals surface area contributed by atoms with Gasteiger partial charge in [-0.15, -0.1) is 0 Å². The molecule has 0 aliphatic rings. The first-order valence-corrected chi connectivity index (χ1v) is 6.74. The van der Waals surface area contributed by atoms with Crippen molar-refractivity contribution < 1.29 is 23.9 Å². The SMILES string of the molecule is CCOCCN(CCOCC)C(=O)NC(=O)CC(C)=O. The molecule has 20 heavy (non-hydrogen) atoms. The zero-order valence-electron chi connectivity index (χ0n) is 12.4. The van der Waals surface area contributed by atoms with Gasteiger partial charge in [-0.3, -0.25) is 14.9 Å². The van der Waals surface area contributed by atoms with Crippen molar-refractivity contribution in [3.63, 3.8) is 0 Å². The molecule has 0 saturated heterocycles. The number of hydrogen-bond acceptors (Lipinski definition) is 5. The molecule has 0 aliphatic heterocycles. The molecule has 0 spiro atoms. The lowest BCUT2D eigenvalue weighted by Crippen LogP contribution is -2.46. The van der Waals surface area contributed by atoms with Gasteiger partial charge >= 0.3 is 6.03 Å². The van der Waals surface area contributed by atoms with Gasteiger partial charge in [0.2, 0.25) is 5.91 Å². The van der Waals surface area contributed by atoms with Crippen LogP contribution in [-0.4, -0.2) is 62.1 Å². The highest BCUT2D eigenvalue weighted by Gasteiger charge is 2.16. The quantitative estimate of drug-likeness (QED) is 0.469. The Bertz CT molecular complexity index is 310. The van der Waals surface area contributed by atoms with Gasteiger partial charge in [0.1, 0.15) is 5.78 Å². The molecular weight excluding hydrogens is 264 g/mol. The first-order chi connectivity index (χ1) is 9.51. The summed E-state index contributed by atoms with van der Waals surface area (Å²) in [6.45, 7) is 7.64. The highest BCUT2D eigenvalue weighted by Crippen LogP contribution is 1.93. The van der Waals surface area contributed by atoms with Crippen molar-refractivity contribution in [1.82, 2.24) is 10.2 Å². The van der Waals surface area contributed by atoms with Crippen LogP contribution in [0.5, 0.6) is 0 Å². The molecule has 7 heteroatoms. The van der Waals surface area contributed by atoms with Crippen molar-refractivity contribution in [3.05, 3.63) is 0 Å². The van der Waals surface area contributed by atoms with Crippen molar-refractivity contribution in [3.8, 4) is 0 Å². The molecule has 0 unspecified atom stereocenters. The van der Waals surface area contributed by atoms with Crippen LogP contribution in [-0.2, 0) is 19.1 Å². The number of rotatable bonds is 10. The fraction of sp³-hybridized carbons (Fsp3) is 0.769. The van der Waals surface area contributed by atoms with E-state index in [1.807, 2.05) is 13.8 Å². The maximum Gasteiger partial charge on any atom is 0.324 e. The second-order valence-corrected chi connectivity index (χ2v) is 4.11. The van der Waals surface area contributed by atoms with E-state index in [9.17, 15) is 14.4 Å². The van der Waals surface area contributed by atoms with Crippen LogP contribution in [0.3, 0.4) is 0 Å². The van der Waals surface area contributed by atoms with E-state index in [0.29, 0.717) is 39.5 Å². The number of hydrogen-bond donors (Lipinski definition) is 1. The Morgan fingerprint density at radius 1 is 1.00 bits per heavy atom. The van der Waals surface area contributed by atoms with E-state index in [-0.39, 0.29) is 12.2 Å². The molecule has 0 bridgehead atoms. The summed E-state index contributed by atoms with van der Waals surface area (Å²) in [5, 5.41) is 2.18. The van der Waals surface area contributed by atoms with Crippen molar-refractivity contribution in [1.29, 1.82) is 0 Å². The topological polar surface area (TPSA) is 84.9 Å². The normalized spacial score (nSPS) is 10.2. The number of ketones is 1. The number of nitrogens with zero attached hydrogens (tertiary/aromatic N) is 1. The minimum Gasteiger partial charge on any atom is -0.380 e. The summed E-state index contributed by atoms with van der Waals surface area (Å²) in [5.41, 5.74) is 0. The zero-order valence-corrected chi connectivity index (χ0v) is 12.4. The highest BCUT2D eigenvalue weighted by atomic mass is 16.5.